The summed E-state index contributed by atoms with van der Waals surface area (Å²) in [6, 6.07) is 15.6. The number of hydrogen-bond acceptors (Lipinski definition) is 3. The number of pyridine rings is 1. The lowest BCUT2D eigenvalue weighted by Gasteiger charge is -2.31. The topological polar surface area (TPSA) is 62.3 Å². The first-order valence-electron chi connectivity index (χ1n) is 9.18. The monoisotopic (exact) mass is 351 g/mol. The minimum absolute atomic E-state index is 0.000477. The summed E-state index contributed by atoms with van der Waals surface area (Å²) in [5, 5.41) is 2.89. The standard InChI is InChI=1S/C21H25N3O2/c1-16-6-5-9-19(22-16)23-21(26)18-12-14-24(15-13-18)20(25)11-10-17-7-3-2-4-8-17/h2-9,18H,10-15H2,1H3,(H,22,23,26). The number of anilines is 1. The number of aryl methyl sites for hydroxylation is 2. The van der Waals surface area contributed by atoms with Crippen LogP contribution in [-0.4, -0.2) is 34.8 Å². The van der Waals surface area contributed by atoms with E-state index in [1.165, 1.54) is 5.56 Å². The van der Waals surface area contributed by atoms with Crippen LogP contribution in [0.5, 0.6) is 0 Å². The van der Waals surface area contributed by atoms with Gasteiger partial charge in [-0.3, -0.25) is 9.59 Å². The number of amides is 2. The van der Waals surface area contributed by atoms with Gasteiger partial charge < -0.3 is 10.2 Å². The molecule has 5 heteroatoms. The van der Waals surface area contributed by atoms with Gasteiger partial charge >= 0.3 is 0 Å². The summed E-state index contributed by atoms with van der Waals surface area (Å²) in [5.74, 6) is 0.708. The molecule has 136 valence electrons. The van der Waals surface area contributed by atoms with Crippen molar-refractivity contribution in [2.45, 2.75) is 32.6 Å². The van der Waals surface area contributed by atoms with E-state index < -0.39 is 0 Å². The molecule has 3 rings (SSSR count). The Hall–Kier alpha value is -2.69. The van der Waals surface area contributed by atoms with Crippen molar-refractivity contribution in [1.29, 1.82) is 0 Å². The van der Waals surface area contributed by atoms with E-state index in [9.17, 15) is 9.59 Å². The van der Waals surface area contributed by atoms with Gasteiger partial charge in [0.1, 0.15) is 5.82 Å². The molecule has 1 saturated heterocycles. The summed E-state index contributed by atoms with van der Waals surface area (Å²) in [5.41, 5.74) is 2.06. The Morgan fingerprint density at radius 2 is 1.81 bits per heavy atom. The molecule has 0 atom stereocenters. The third-order valence-corrected chi connectivity index (χ3v) is 4.83. The number of likely N-dealkylation sites (tertiary alicyclic amines) is 1. The van der Waals surface area contributed by atoms with Crippen LogP contribution in [-0.2, 0) is 16.0 Å². The van der Waals surface area contributed by atoms with Crippen molar-refractivity contribution in [3.63, 3.8) is 0 Å². The smallest absolute Gasteiger partial charge is 0.228 e. The summed E-state index contributed by atoms with van der Waals surface area (Å²) in [7, 11) is 0. The second-order valence-corrected chi connectivity index (χ2v) is 6.79. The fraction of sp³-hybridized carbons (Fsp3) is 0.381. The van der Waals surface area contributed by atoms with Crippen LogP contribution in [0.2, 0.25) is 0 Å². The molecular formula is C21H25N3O2. The van der Waals surface area contributed by atoms with E-state index in [4.69, 9.17) is 0 Å². The highest BCUT2D eigenvalue weighted by atomic mass is 16.2. The number of nitrogens with zero attached hydrogens (tertiary/aromatic N) is 2. The Morgan fingerprint density at radius 1 is 1.08 bits per heavy atom. The molecule has 1 aliphatic rings. The van der Waals surface area contributed by atoms with Crippen molar-refractivity contribution < 1.29 is 9.59 Å². The third-order valence-electron chi connectivity index (χ3n) is 4.83. The van der Waals surface area contributed by atoms with Gasteiger partial charge in [0.05, 0.1) is 0 Å². The average Bonchev–Trinajstić information content (AvgIpc) is 2.67. The van der Waals surface area contributed by atoms with E-state index in [-0.39, 0.29) is 17.7 Å². The lowest BCUT2D eigenvalue weighted by molar-refractivity contribution is -0.134. The highest BCUT2D eigenvalue weighted by molar-refractivity contribution is 5.91. The molecule has 2 heterocycles. The molecule has 1 aromatic heterocycles. The number of benzene rings is 1. The molecule has 1 aromatic carbocycles. The second kappa shape index (κ2) is 8.61. The maximum absolute atomic E-state index is 12.4. The maximum Gasteiger partial charge on any atom is 0.228 e. The number of hydrogen-bond donors (Lipinski definition) is 1. The highest BCUT2D eigenvalue weighted by Gasteiger charge is 2.27. The molecule has 5 nitrogen and oxygen atoms in total. The molecule has 0 bridgehead atoms. The second-order valence-electron chi connectivity index (χ2n) is 6.79. The largest absolute Gasteiger partial charge is 0.343 e. The summed E-state index contributed by atoms with van der Waals surface area (Å²) in [6.07, 6.45) is 2.69. The lowest BCUT2D eigenvalue weighted by Crippen LogP contribution is -2.41. The van der Waals surface area contributed by atoms with Crippen molar-refractivity contribution in [1.82, 2.24) is 9.88 Å². The molecule has 1 fully saturated rings. The van der Waals surface area contributed by atoms with Crippen molar-refractivity contribution in [3.05, 3.63) is 59.8 Å². The Kier molecular flexibility index (Phi) is 6.00. The number of rotatable bonds is 5. The lowest BCUT2D eigenvalue weighted by atomic mass is 9.95. The summed E-state index contributed by atoms with van der Waals surface area (Å²) in [6.45, 7) is 3.19. The Balaban J connectivity index is 1.44. The molecule has 1 aliphatic heterocycles. The number of aromatic nitrogens is 1. The maximum atomic E-state index is 12.4. The van der Waals surface area contributed by atoms with Gasteiger partial charge in [0.25, 0.3) is 0 Å². The molecule has 0 spiro atoms. The Labute approximate surface area is 154 Å². The van der Waals surface area contributed by atoms with Gasteiger partial charge in [0.15, 0.2) is 0 Å². The van der Waals surface area contributed by atoms with Crippen LogP contribution in [0.25, 0.3) is 0 Å². The van der Waals surface area contributed by atoms with Gasteiger partial charge in [0.2, 0.25) is 11.8 Å². The van der Waals surface area contributed by atoms with Gasteiger partial charge in [-0.05, 0) is 43.9 Å². The molecule has 0 saturated carbocycles. The Morgan fingerprint density at radius 3 is 2.50 bits per heavy atom. The van der Waals surface area contributed by atoms with Crippen molar-refractivity contribution in [3.8, 4) is 0 Å². The predicted molar refractivity (Wildman–Crippen MR) is 102 cm³/mol. The normalized spacial score (nSPS) is 14.9. The van der Waals surface area contributed by atoms with Crippen LogP contribution in [0.1, 0.15) is 30.5 Å². The summed E-state index contributed by atoms with van der Waals surface area (Å²) >= 11 is 0. The third kappa shape index (κ3) is 4.91. The predicted octanol–water partition coefficient (Wildman–Crippen LogP) is 3.20. The Bertz CT molecular complexity index is 753. The van der Waals surface area contributed by atoms with Crippen LogP contribution < -0.4 is 5.32 Å². The van der Waals surface area contributed by atoms with Crippen LogP contribution >= 0.6 is 0 Å². The van der Waals surface area contributed by atoms with Gasteiger partial charge in [0, 0.05) is 31.1 Å². The molecular weight excluding hydrogens is 326 g/mol. The van der Waals surface area contributed by atoms with Gasteiger partial charge in [-0.2, -0.15) is 0 Å². The zero-order valence-electron chi connectivity index (χ0n) is 15.1. The molecule has 1 N–H and O–H groups in total. The first kappa shape index (κ1) is 18.1. The SMILES string of the molecule is Cc1cccc(NC(=O)C2CCN(C(=O)CCc3ccccc3)CC2)n1. The number of nitrogens with one attached hydrogen (secondary N) is 1. The highest BCUT2D eigenvalue weighted by Crippen LogP contribution is 2.20. The van der Waals surface area contributed by atoms with Crippen molar-refractivity contribution in [2.75, 3.05) is 18.4 Å². The van der Waals surface area contributed by atoms with E-state index in [1.54, 1.807) is 6.07 Å². The van der Waals surface area contributed by atoms with Crippen molar-refractivity contribution >= 4 is 17.6 Å². The van der Waals surface area contributed by atoms with E-state index in [2.05, 4.69) is 10.3 Å². The molecule has 0 unspecified atom stereocenters. The van der Waals surface area contributed by atoms with Gasteiger partial charge in [-0.1, -0.05) is 36.4 Å². The van der Waals surface area contributed by atoms with E-state index in [1.807, 2.05) is 54.3 Å². The molecule has 0 aliphatic carbocycles. The quantitative estimate of drug-likeness (QED) is 0.900. The summed E-state index contributed by atoms with van der Waals surface area (Å²) in [4.78, 5) is 31.0. The molecule has 0 radical (unpaired) electrons. The minimum Gasteiger partial charge on any atom is -0.343 e. The number of carbonyl (C=O) groups is 2. The molecule has 2 aromatic rings. The molecule has 26 heavy (non-hydrogen) atoms. The van der Waals surface area contributed by atoms with Gasteiger partial charge in [-0.25, -0.2) is 4.98 Å². The molecule has 2 amide bonds. The summed E-state index contributed by atoms with van der Waals surface area (Å²) < 4.78 is 0. The fourth-order valence-electron chi connectivity index (χ4n) is 3.29. The first-order chi connectivity index (χ1) is 12.6. The van der Waals surface area contributed by atoms with Crippen LogP contribution in [0.3, 0.4) is 0 Å². The van der Waals surface area contributed by atoms with Gasteiger partial charge in [-0.15, -0.1) is 0 Å². The van der Waals surface area contributed by atoms with E-state index in [0.717, 1.165) is 12.1 Å². The van der Waals surface area contributed by atoms with Crippen LogP contribution in [0.15, 0.2) is 48.5 Å². The zero-order chi connectivity index (χ0) is 18.4. The fourth-order valence-corrected chi connectivity index (χ4v) is 3.29. The van der Waals surface area contributed by atoms with E-state index >= 15 is 0 Å². The van der Waals surface area contributed by atoms with Crippen molar-refractivity contribution in [2.24, 2.45) is 5.92 Å². The van der Waals surface area contributed by atoms with E-state index in [0.29, 0.717) is 38.2 Å². The number of piperidine rings is 1. The number of carbonyl (C=O) groups excluding carboxylic acids is 2. The first-order valence-corrected chi connectivity index (χ1v) is 9.18. The minimum atomic E-state index is -0.0597. The zero-order valence-corrected chi connectivity index (χ0v) is 15.1. The average molecular weight is 351 g/mol. The van der Waals surface area contributed by atoms with Crippen LogP contribution in [0, 0.1) is 12.8 Å². The van der Waals surface area contributed by atoms with Crippen LogP contribution in [0.4, 0.5) is 5.82 Å².